The van der Waals surface area contributed by atoms with E-state index in [0.29, 0.717) is 18.3 Å². The van der Waals surface area contributed by atoms with Crippen molar-refractivity contribution in [3.63, 3.8) is 0 Å². The van der Waals surface area contributed by atoms with Crippen molar-refractivity contribution in [1.82, 2.24) is 14.9 Å². The molecule has 7 nitrogen and oxygen atoms in total. The van der Waals surface area contributed by atoms with Gasteiger partial charge in [-0.1, -0.05) is 6.92 Å². The van der Waals surface area contributed by atoms with Crippen LogP contribution in [0.25, 0.3) is 0 Å². The highest BCUT2D eigenvalue weighted by Crippen LogP contribution is 2.20. The van der Waals surface area contributed by atoms with Crippen molar-refractivity contribution in [3.05, 3.63) is 16.4 Å². The number of imidazole rings is 1. The lowest BCUT2D eigenvalue weighted by molar-refractivity contribution is -0.388. The van der Waals surface area contributed by atoms with Gasteiger partial charge < -0.3 is 20.7 Å². The van der Waals surface area contributed by atoms with Gasteiger partial charge in [-0.25, -0.2) is 0 Å². The normalized spacial score (nSPS) is 12.4. The number of anilines is 1. The minimum Gasteiger partial charge on any atom is -0.364 e. The molecule has 7 heteroatoms. The molecule has 0 bridgehead atoms. The molecule has 0 fully saturated rings. The fourth-order valence-electron chi connectivity index (χ4n) is 1.45. The Morgan fingerprint density at radius 3 is 2.88 bits per heavy atom. The van der Waals surface area contributed by atoms with Gasteiger partial charge in [-0.3, -0.25) is 4.57 Å². The molecule has 90 valence electrons. The van der Waals surface area contributed by atoms with E-state index >= 15 is 0 Å². The van der Waals surface area contributed by atoms with E-state index in [4.69, 9.17) is 0 Å². The molecular formula is C9H17N5O2. The third-order valence-corrected chi connectivity index (χ3v) is 2.26. The van der Waals surface area contributed by atoms with Crippen molar-refractivity contribution in [2.45, 2.75) is 6.92 Å². The number of nitrogens with zero attached hydrogens (tertiary/aromatic N) is 3. The molecule has 1 unspecified atom stereocenters. The van der Waals surface area contributed by atoms with E-state index in [-0.39, 0.29) is 5.82 Å². The maximum atomic E-state index is 10.7. The summed E-state index contributed by atoms with van der Waals surface area (Å²) < 4.78 is 1.62. The monoisotopic (exact) mass is 227 g/mol. The molecule has 1 aromatic heterocycles. The fourth-order valence-corrected chi connectivity index (χ4v) is 1.45. The molecule has 0 spiro atoms. The molecule has 1 atom stereocenters. The second-order valence-electron chi connectivity index (χ2n) is 3.83. The SMILES string of the molecule is CNCC(C)CNc1c([N+](=O)[O-])ncn1C. The second kappa shape index (κ2) is 5.45. The number of rotatable bonds is 6. The first kappa shape index (κ1) is 12.4. The molecule has 0 aliphatic carbocycles. The summed E-state index contributed by atoms with van der Waals surface area (Å²) in [7, 11) is 3.61. The summed E-state index contributed by atoms with van der Waals surface area (Å²) in [5.74, 6) is 0.714. The molecule has 0 saturated heterocycles. The van der Waals surface area contributed by atoms with E-state index in [0.717, 1.165) is 6.54 Å². The lowest BCUT2D eigenvalue weighted by atomic mass is 10.2. The first-order valence-corrected chi connectivity index (χ1v) is 5.10. The molecule has 0 radical (unpaired) electrons. The molecule has 1 heterocycles. The van der Waals surface area contributed by atoms with Crippen molar-refractivity contribution in [1.29, 1.82) is 0 Å². The molecule has 16 heavy (non-hydrogen) atoms. The van der Waals surface area contributed by atoms with Crippen LogP contribution in [0.5, 0.6) is 0 Å². The van der Waals surface area contributed by atoms with Crippen LogP contribution in [0.1, 0.15) is 6.92 Å². The van der Waals surface area contributed by atoms with Gasteiger partial charge in [-0.15, -0.1) is 0 Å². The van der Waals surface area contributed by atoms with Crippen LogP contribution in [-0.2, 0) is 7.05 Å². The van der Waals surface area contributed by atoms with Crippen LogP contribution in [0.15, 0.2) is 6.33 Å². The zero-order valence-electron chi connectivity index (χ0n) is 9.73. The Morgan fingerprint density at radius 2 is 2.31 bits per heavy atom. The van der Waals surface area contributed by atoms with Crippen molar-refractivity contribution < 1.29 is 4.92 Å². The quantitative estimate of drug-likeness (QED) is 0.549. The number of aromatic nitrogens is 2. The predicted octanol–water partition coefficient (Wildman–Crippen LogP) is 0.596. The van der Waals surface area contributed by atoms with E-state index < -0.39 is 4.92 Å². The van der Waals surface area contributed by atoms with Crippen molar-refractivity contribution in [2.75, 3.05) is 25.5 Å². The number of aryl methyl sites for hydroxylation is 1. The van der Waals surface area contributed by atoms with E-state index in [1.54, 1.807) is 11.6 Å². The standard InChI is InChI=1S/C9H17N5O2/c1-7(4-10-2)5-11-8-9(14(15)16)12-6-13(8)3/h6-7,10-11H,4-5H2,1-3H3. The molecule has 2 N–H and O–H groups in total. The molecule has 0 aliphatic heterocycles. The Balaban J connectivity index is 2.65. The summed E-state index contributed by atoms with van der Waals surface area (Å²) >= 11 is 0. The Hall–Kier alpha value is -1.63. The summed E-state index contributed by atoms with van der Waals surface area (Å²) in [6, 6.07) is 0. The number of nitrogens with one attached hydrogen (secondary N) is 2. The topological polar surface area (TPSA) is 85.0 Å². The number of hydrogen-bond acceptors (Lipinski definition) is 5. The Labute approximate surface area is 94.0 Å². The van der Waals surface area contributed by atoms with Gasteiger partial charge in [0.1, 0.15) is 0 Å². The fraction of sp³-hybridized carbons (Fsp3) is 0.667. The molecule has 0 aromatic carbocycles. The third kappa shape index (κ3) is 2.93. The smallest absolute Gasteiger partial charge is 0.364 e. The summed E-state index contributed by atoms with van der Waals surface area (Å²) in [4.78, 5) is 13.9. The number of hydrogen-bond donors (Lipinski definition) is 2. The maximum absolute atomic E-state index is 10.7. The summed E-state index contributed by atoms with van der Waals surface area (Å²) in [5.41, 5.74) is 0. The minimum atomic E-state index is -0.481. The zero-order valence-corrected chi connectivity index (χ0v) is 9.73. The van der Waals surface area contributed by atoms with Gasteiger partial charge in [0.05, 0.1) is 0 Å². The zero-order chi connectivity index (χ0) is 12.1. The summed E-state index contributed by atoms with van der Waals surface area (Å²) in [6.45, 7) is 3.59. The first-order chi connectivity index (χ1) is 7.56. The van der Waals surface area contributed by atoms with Crippen molar-refractivity contribution in [3.8, 4) is 0 Å². The van der Waals surface area contributed by atoms with E-state index in [2.05, 4.69) is 22.5 Å². The van der Waals surface area contributed by atoms with E-state index in [1.807, 2.05) is 7.05 Å². The van der Waals surface area contributed by atoms with Crippen LogP contribution >= 0.6 is 0 Å². The molecule has 1 rings (SSSR count). The highest BCUT2D eigenvalue weighted by atomic mass is 16.6. The molecule has 0 aliphatic rings. The third-order valence-electron chi connectivity index (χ3n) is 2.26. The average Bonchev–Trinajstić information content (AvgIpc) is 2.57. The van der Waals surface area contributed by atoms with Gasteiger partial charge in [0.15, 0.2) is 0 Å². The predicted molar refractivity (Wildman–Crippen MR) is 61.4 cm³/mol. The van der Waals surface area contributed by atoms with Crippen LogP contribution < -0.4 is 10.6 Å². The van der Waals surface area contributed by atoms with Crippen LogP contribution in [0.3, 0.4) is 0 Å². The highest BCUT2D eigenvalue weighted by Gasteiger charge is 2.19. The Morgan fingerprint density at radius 1 is 1.62 bits per heavy atom. The van der Waals surface area contributed by atoms with Gasteiger partial charge in [-0.2, -0.15) is 0 Å². The largest absolute Gasteiger partial charge is 0.406 e. The Kier molecular flexibility index (Phi) is 4.24. The lowest BCUT2D eigenvalue weighted by Gasteiger charge is -2.12. The average molecular weight is 227 g/mol. The summed E-state index contributed by atoms with van der Waals surface area (Å²) in [5, 5.41) is 16.8. The van der Waals surface area contributed by atoms with Crippen molar-refractivity contribution >= 4 is 11.6 Å². The van der Waals surface area contributed by atoms with Crippen LogP contribution in [-0.4, -0.2) is 34.6 Å². The van der Waals surface area contributed by atoms with Gasteiger partial charge in [-0.05, 0) is 29.4 Å². The first-order valence-electron chi connectivity index (χ1n) is 5.10. The van der Waals surface area contributed by atoms with Gasteiger partial charge in [0.25, 0.3) is 0 Å². The highest BCUT2D eigenvalue weighted by molar-refractivity contribution is 5.51. The van der Waals surface area contributed by atoms with Crippen LogP contribution in [0.2, 0.25) is 0 Å². The van der Waals surface area contributed by atoms with Crippen LogP contribution in [0.4, 0.5) is 11.6 Å². The van der Waals surface area contributed by atoms with Crippen molar-refractivity contribution in [2.24, 2.45) is 13.0 Å². The van der Waals surface area contributed by atoms with E-state index in [9.17, 15) is 10.1 Å². The maximum Gasteiger partial charge on any atom is 0.406 e. The van der Waals surface area contributed by atoms with Crippen LogP contribution in [0, 0.1) is 16.0 Å². The lowest BCUT2D eigenvalue weighted by Crippen LogP contribution is -2.23. The number of nitro groups is 1. The molecular weight excluding hydrogens is 210 g/mol. The second-order valence-corrected chi connectivity index (χ2v) is 3.83. The molecule has 0 saturated carbocycles. The molecule has 1 aromatic rings. The summed E-state index contributed by atoms with van der Waals surface area (Å²) in [6.07, 6.45) is 1.43. The van der Waals surface area contributed by atoms with E-state index in [1.165, 1.54) is 6.33 Å². The van der Waals surface area contributed by atoms with Gasteiger partial charge in [0, 0.05) is 13.6 Å². The minimum absolute atomic E-state index is 0.126. The van der Waals surface area contributed by atoms with Gasteiger partial charge in [0.2, 0.25) is 12.1 Å². The van der Waals surface area contributed by atoms with Gasteiger partial charge >= 0.3 is 5.82 Å². The molecule has 0 amide bonds. The Bertz CT molecular complexity index is 363.